The minimum atomic E-state index is -5.02. The molecule has 0 heterocycles. The maximum absolute atomic E-state index is 12.8. The molecular weight excluding hydrogens is 368 g/mol. The van der Waals surface area contributed by atoms with E-state index < -0.39 is 59.3 Å². The highest BCUT2D eigenvalue weighted by atomic mass is 19.4. The Kier molecular flexibility index (Phi) is 6.67. The number of carbonyl (C=O) groups excluding carboxylic acids is 1. The third-order valence-corrected chi connectivity index (χ3v) is 3.81. The Balaban J connectivity index is 3.11. The van der Waals surface area contributed by atoms with Crippen LogP contribution in [0, 0.1) is 5.92 Å². The number of carboxylic acids is 1. The molecule has 10 heteroatoms. The van der Waals surface area contributed by atoms with Gasteiger partial charge in [-0.1, -0.05) is 20.3 Å². The van der Waals surface area contributed by atoms with Crippen molar-refractivity contribution < 1.29 is 41.0 Å². The smallest absolute Gasteiger partial charge is 0.416 e. The molecule has 0 unspecified atom stereocenters. The average Bonchev–Trinajstić information content (AvgIpc) is 2.49. The van der Waals surface area contributed by atoms with Gasteiger partial charge in [-0.2, -0.15) is 26.3 Å². The summed E-state index contributed by atoms with van der Waals surface area (Å²) in [5.74, 6) is -2.79. The first-order valence-corrected chi connectivity index (χ1v) is 7.56. The Morgan fingerprint density at radius 2 is 1.50 bits per heavy atom. The fourth-order valence-electron chi connectivity index (χ4n) is 2.21. The van der Waals surface area contributed by atoms with Crippen molar-refractivity contribution in [1.29, 1.82) is 0 Å². The largest absolute Gasteiger partial charge is 0.480 e. The van der Waals surface area contributed by atoms with Crippen LogP contribution in [0.15, 0.2) is 18.2 Å². The second-order valence-corrected chi connectivity index (χ2v) is 5.86. The van der Waals surface area contributed by atoms with Crippen LogP contribution in [-0.2, 0) is 28.4 Å². The van der Waals surface area contributed by atoms with Crippen molar-refractivity contribution in [3.05, 3.63) is 34.9 Å². The van der Waals surface area contributed by atoms with Crippen molar-refractivity contribution in [1.82, 2.24) is 5.32 Å². The SMILES string of the molecule is CC[C@@H](C)[C@H](NC(=O)Cc1cc(C(F)(F)F)cc(C(F)(F)F)c1)C(=O)O. The molecule has 0 radical (unpaired) electrons. The van der Waals surface area contributed by atoms with E-state index in [2.05, 4.69) is 5.32 Å². The number of carbonyl (C=O) groups is 2. The van der Waals surface area contributed by atoms with Gasteiger partial charge in [0.2, 0.25) is 5.91 Å². The number of carboxylic acid groups (broad SMARTS) is 1. The van der Waals surface area contributed by atoms with Gasteiger partial charge >= 0.3 is 18.3 Å². The summed E-state index contributed by atoms with van der Waals surface area (Å²) in [6.07, 6.45) is -10.5. The summed E-state index contributed by atoms with van der Waals surface area (Å²) >= 11 is 0. The summed E-state index contributed by atoms with van der Waals surface area (Å²) in [7, 11) is 0. The third-order valence-electron chi connectivity index (χ3n) is 3.81. The number of nitrogens with one attached hydrogen (secondary N) is 1. The minimum absolute atomic E-state index is 0.0411. The monoisotopic (exact) mass is 385 g/mol. The summed E-state index contributed by atoms with van der Waals surface area (Å²) in [5, 5.41) is 11.2. The van der Waals surface area contributed by atoms with Crippen LogP contribution in [0.2, 0.25) is 0 Å². The first-order chi connectivity index (χ1) is 11.8. The molecule has 1 rings (SSSR count). The van der Waals surface area contributed by atoms with Crippen LogP contribution >= 0.6 is 0 Å². The Labute approximate surface area is 145 Å². The number of benzene rings is 1. The molecule has 2 N–H and O–H groups in total. The predicted octanol–water partition coefficient (Wildman–Crippen LogP) is 3.88. The van der Waals surface area contributed by atoms with Crippen LogP contribution in [0.4, 0.5) is 26.3 Å². The Morgan fingerprint density at radius 3 is 1.85 bits per heavy atom. The average molecular weight is 385 g/mol. The molecule has 1 amide bonds. The van der Waals surface area contributed by atoms with E-state index in [0.29, 0.717) is 18.6 Å². The fourth-order valence-corrected chi connectivity index (χ4v) is 2.21. The van der Waals surface area contributed by atoms with Gasteiger partial charge in [-0.3, -0.25) is 4.79 Å². The number of alkyl halides is 6. The van der Waals surface area contributed by atoms with Crippen LogP contribution in [0.3, 0.4) is 0 Å². The second-order valence-electron chi connectivity index (χ2n) is 5.86. The maximum atomic E-state index is 12.8. The van der Waals surface area contributed by atoms with Crippen molar-refractivity contribution in [3.8, 4) is 0 Å². The van der Waals surface area contributed by atoms with Crippen molar-refractivity contribution in [2.45, 2.75) is 45.1 Å². The minimum Gasteiger partial charge on any atom is -0.480 e. The van der Waals surface area contributed by atoms with E-state index in [4.69, 9.17) is 5.11 Å². The summed E-state index contributed by atoms with van der Waals surface area (Å²) in [5.41, 5.74) is -3.59. The normalized spacial score (nSPS) is 14.6. The quantitative estimate of drug-likeness (QED) is 0.731. The van der Waals surface area contributed by atoms with Gasteiger partial charge in [0, 0.05) is 0 Å². The number of amides is 1. The lowest BCUT2D eigenvalue weighted by Gasteiger charge is -2.20. The Bertz CT molecular complexity index is 637. The fraction of sp³-hybridized carbons (Fsp3) is 0.500. The zero-order valence-electron chi connectivity index (χ0n) is 13.8. The number of hydrogen-bond acceptors (Lipinski definition) is 2. The van der Waals surface area contributed by atoms with E-state index in [0.717, 1.165) is 0 Å². The molecular formula is C16H17F6NO3. The van der Waals surface area contributed by atoms with Gasteiger partial charge in [-0.15, -0.1) is 0 Å². The molecule has 0 fully saturated rings. The van der Waals surface area contributed by atoms with E-state index in [1.807, 2.05) is 0 Å². The third kappa shape index (κ3) is 5.92. The molecule has 1 aromatic rings. The van der Waals surface area contributed by atoms with Gasteiger partial charge in [-0.05, 0) is 29.7 Å². The molecule has 2 atom stereocenters. The zero-order valence-corrected chi connectivity index (χ0v) is 13.8. The molecule has 4 nitrogen and oxygen atoms in total. The first-order valence-electron chi connectivity index (χ1n) is 7.56. The van der Waals surface area contributed by atoms with E-state index in [-0.39, 0.29) is 6.07 Å². The van der Waals surface area contributed by atoms with E-state index >= 15 is 0 Å². The van der Waals surface area contributed by atoms with Crippen LogP contribution in [-0.4, -0.2) is 23.0 Å². The molecule has 0 spiro atoms. The van der Waals surface area contributed by atoms with Gasteiger partial charge in [0.05, 0.1) is 17.5 Å². The molecule has 1 aromatic carbocycles. The highest BCUT2D eigenvalue weighted by molar-refractivity contribution is 5.85. The molecule has 0 saturated carbocycles. The lowest BCUT2D eigenvalue weighted by Crippen LogP contribution is -2.45. The lowest BCUT2D eigenvalue weighted by atomic mass is 9.98. The highest BCUT2D eigenvalue weighted by Gasteiger charge is 2.37. The van der Waals surface area contributed by atoms with Crippen LogP contribution < -0.4 is 5.32 Å². The van der Waals surface area contributed by atoms with Crippen molar-refractivity contribution >= 4 is 11.9 Å². The van der Waals surface area contributed by atoms with E-state index in [1.165, 1.54) is 0 Å². The molecule has 0 aliphatic rings. The Morgan fingerprint density at radius 1 is 1.04 bits per heavy atom. The summed E-state index contributed by atoms with van der Waals surface area (Å²) in [6.45, 7) is 3.22. The summed E-state index contributed by atoms with van der Waals surface area (Å²) in [6, 6.07) is -0.456. The molecule has 26 heavy (non-hydrogen) atoms. The Hall–Kier alpha value is -2.26. The topological polar surface area (TPSA) is 66.4 Å². The highest BCUT2D eigenvalue weighted by Crippen LogP contribution is 2.36. The van der Waals surface area contributed by atoms with Gasteiger partial charge in [0.15, 0.2) is 0 Å². The standard InChI is InChI=1S/C16H17F6NO3/c1-3-8(2)13(14(25)26)23-12(24)6-9-4-10(15(17,18)19)7-11(5-9)16(20,21)22/h4-5,7-8,13H,3,6H2,1-2H3,(H,23,24)(H,25,26)/t8-,13+/m1/s1. The van der Waals surface area contributed by atoms with Crippen molar-refractivity contribution in [2.24, 2.45) is 5.92 Å². The molecule has 0 aliphatic heterocycles. The van der Waals surface area contributed by atoms with Gasteiger partial charge in [-0.25, -0.2) is 4.79 Å². The van der Waals surface area contributed by atoms with Crippen LogP contribution in [0.5, 0.6) is 0 Å². The first kappa shape index (κ1) is 21.8. The molecule has 0 aromatic heterocycles. The number of aliphatic carboxylic acids is 1. The summed E-state index contributed by atoms with van der Waals surface area (Å²) < 4.78 is 76.8. The van der Waals surface area contributed by atoms with Crippen LogP contribution in [0.1, 0.15) is 37.0 Å². The number of halogens is 6. The van der Waals surface area contributed by atoms with Crippen molar-refractivity contribution in [3.63, 3.8) is 0 Å². The number of rotatable bonds is 6. The molecule has 0 aliphatic carbocycles. The summed E-state index contributed by atoms with van der Waals surface area (Å²) in [4.78, 5) is 23.1. The molecule has 146 valence electrons. The van der Waals surface area contributed by atoms with Crippen LogP contribution in [0.25, 0.3) is 0 Å². The maximum Gasteiger partial charge on any atom is 0.416 e. The molecule has 0 saturated heterocycles. The van der Waals surface area contributed by atoms with Crippen molar-refractivity contribution in [2.75, 3.05) is 0 Å². The lowest BCUT2D eigenvalue weighted by molar-refractivity contribution is -0.143. The molecule has 0 bridgehead atoms. The van der Waals surface area contributed by atoms with Gasteiger partial charge in [0.25, 0.3) is 0 Å². The zero-order chi connectivity index (χ0) is 20.3. The predicted molar refractivity (Wildman–Crippen MR) is 79.2 cm³/mol. The van der Waals surface area contributed by atoms with Gasteiger partial charge < -0.3 is 10.4 Å². The van der Waals surface area contributed by atoms with Gasteiger partial charge in [0.1, 0.15) is 6.04 Å². The van der Waals surface area contributed by atoms with E-state index in [1.54, 1.807) is 13.8 Å². The number of hydrogen-bond donors (Lipinski definition) is 2. The van der Waals surface area contributed by atoms with E-state index in [9.17, 15) is 35.9 Å². The second kappa shape index (κ2) is 7.96.